The van der Waals surface area contributed by atoms with Gasteiger partial charge >= 0.3 is 0 Å². The zero-order valence-electron chi connectivity index (χ0n) is 17.6. The largest absolute Gasteiger partial charge is 0.347 e. The highest BCUT2D eigenvalue weighted by atomic mass is 32.2. The van der Waals surface area contributed by atoms with Gasteiger partial charge in [0.25, 0.3) is 5.91 Å². The number of amides is 1. The molecule has 32 heavy (non-hydrogen) atoms. The third-order valence-corrected chi connectivity index (χ3v) is 6.74. The van der Waals surface area contributed by atoms with Gasteiger partial charge in [-0.25, -0.2) is 18.3 Å². The lowest BCUT2D eigenvalue weighted by Crippen LogP contribution is -2.37. The summed E-state index contributed by atoms with van der Waals surface area (Å²) in [6.45, 7) is 1.76. The summed E-state index contributed by atoms with van der Waals surface area (Å²) in [5.74, 6) is -0.0633. The first kappa shape index (κ1) is 21.1. The van der Waals surface area contributed by atoms with Gasteiger partial charge in [-0.3, -0.25) is 4.79 Å². The van der Waals surface area contributed by atoms with E-state index in [9.17, 15) is 13.6 Å². The normalized spacial score (nSPS) is 23.2. The van der Waals surface area contributed by atoms with E-state index in [2.05, 4.69) is 20.7 Å². The molecule has 0 spiro atoms. The smallest absolute Gasteiger partial charge is 0.271 e. The van der Waals surface area contributed by atoms with Crippen molar-refractivity contribution in [3.8, 4) is 0 Å². The third-order valence-electron chi connectivity index (χ3n) is 6.03. The molecule has 4 heterocycles. The van der Waals surface area contributed by atoms with Crippen molar-refractivity contribution >= 4 is 29.1 Å². The van der Waals surface area contributed by atoms with Crippen LogP contribution >= 0.6 is 11.8 Å². The number of alkyl halides is 1. The van der Waals surface area contributed by atoms with Crippen LogP contribution in [0.15, 0.2) is 41.4 Å². The molecule has 2 aliphatic rings. The second-order valence-corrected chi connectivity index (χ2v) is 9.07. The van der Waals surface area contributed by atoms with Gasteiger partial charge in [0, 0.05) is 23.9 Å². The lowest BCUT2D eigenvalue weighted by Gasteiger charge is -2.26. The van der Waals surface area contributed by atoms with Crippen LogP contribution in [0.3, 0.4) is 0 Å². The number of fused-ring (bicyclic) bond motifs is 1. The maximum absolute atomic E-state index is 14.5. The number of hydrogen-bond donors (Lipinski definition) is 2. The molecule has 0 saturated carbocycles. The van der Waals surface area contributed by atoms with Crippen LogP contribution in [0.4, 0.5) is 14.6 Å². The van der Waals surface area contributed by atoms with E-state index in [-0.39, 0.29) is 36.8 Å². The van der Waals surface area contributed by atoms with Gasteiger partial charge < -0.3 is 15.5 Å². The Morgan fingerprint density at radius 3 is 2.97 bits per heavy atom. The van der Waals surface area contributed by atoms with Crippen LogP contribution in [0.25, 0.3) is 5.65 Å². The molecule has 10 heteroatoms. The second kappa shape index (κ2) is 8.67. The number of nitrogens with zero attached hydrogens (tertiary/aromatic N) is 4. The Labute approximate surface area is 188 Å². The number of imidazole rings is 1. The first-order chi connectivity index (χ1) is 15.5. The molecule has 2 N–H and O–H groups in total. The van der Waals surface area contributed by atoms with Crippen molar-refractivity contribution in [2.24, 2.45) is 0 Å². The Hall–Kier alpha value is -2.72. The highest BCUT2D eigenvalue weighted by Crippen LogP contribution is 2.38. The van der Waals surface area contributed by atoms with E-state index in [0.717, 1.165) is 24.4 Å². The molecular weight excluding hydrogens is 434 g/mol. The van der Waals surface area contributed by atoms with Crippen molar-refractivity contribution < 1.29 is 13.6 Å². The molecule has 5 rings (SSSR count). The predicted molar refractivity (Wildman–Crippen MR) is 120 cm³/mol. The van der Waals surface area contributed by atoms with E-state index in [0.29, 0.717) is 22.7 Å². The molecule has 1 aromatic carbocycles. The Morgan fingerprint density at radius 1 is 1.31 bits per heavy atom. The Morgan fingerprint density at radius 2 is 2.19 bits per heavy atom. The fraction of sp³-hybridized carbons (Fsp3) is 0.409. The summed E-state index contributed by atoms with van der Waals surface area (Å²) in [5, 5.41) is 10.8. The van der Waals surface area contributed by atoms with Crippen LogP contribution in [0.2, 0.25) is 0 Å². The molecule has 3 aromatic rings. The van der Waals surface area contributed by atoms with E-state index < -0.39 is 6.17 Å². The maximum atomic E-state index is 14.5. The fourth-order valence-corrected chi connectivity index (χ4v) is 4.94. The lowest BCUT2D eigenvalue weighted by molar-refractivity contribution is 0.0933. The van der Waals surface area contributed by atoms with Gasteiger partial charge in [0.15, 0.2) is 11.3 Å². The van der Waals surface area contributed by atoms with E-state index in [4.69, 9.17) is 0 Å². The molecule has 2 aromatic heterocycles. The van der Waals surface area contributed by atoms with Crippen LogP contribution in [0, 0.1) is 5.82 Å². The number of thioether (sulfide) groups is 1. The van der Waals surface area contributed by atoms with Crippen LogP contribution in [0.5, 0.6) is 0 Å². The zero-order valence-corrected chi connectivity index (χ0v) is 18.4. The van der Waals surface area contributed by atoms with E-state index >= 15 is 0 Å². The van der Waals surface area contributed by atoms with Crippen LogP contribution in [0.1, 0.15) is 34.9 Å². The first-order valence-corrected chi connectivity index (χ1v) is 11.9. The summed E-state index contributed by atoms with van der Waals surface area (Å²) < 4.78 is 30.2. The maximum Gasteiger partial charge on any atom is 0.271 e. The van der Waals surface area contributed by atoms with Crippen molar-refractivity contribution in [3.63, 3.8) is 0 Å². The number of aromatic nitrogens is 3. The molecule has 2 saturated heterocycles. The molecule has 0 unspecified atom stereocenters. The van der Waals surface area contributed by atoms with Crippen molar-refractivity contribution in [3.05, 3.63) is 53.6 Å². The molecule has 2 aliphatic heterocycles. The standard InChI is InChI=1S/C22H24F2N6OS/c1-32-17-7-13(6-14(23)8-17)18-9-15(24)12-29(18)21-3-2-20-26-11-19(30(20)28-21)22(31)27-16-4-5-25-10-16/h2-3,6-8,11,15-16,18,25H,4-5,9-10,12H2,1H3,(H,27,31)/t15-,16-,18+/m0/s1. The number of halogens is 2. The van der Waals surface area contributed by atoms with Crippen molar-refractivity contribution in [2.45, 2.75) is 36.0 Å². The number of nitrogens with one attached hydrogen (secondary N) is 2. The molecule has 0 aliphatic carbocycles. The zero-order chi connectivity index (χ0) is 22.2. The predicted octanol–water partition coefficient (Wildman–Crippen LogP) is 2.97. The SMILES string of the molecule is CSc1cc(F)cc([C@H]2C[C@H](F)CN2c2ccc3ncc(C(=O)N[C@H]4CCNC4)n3n2)c1. The van der Waals surface area contributed by atoms with Crippen LogP contribution < -0.4 is 15.5 Å². The highest BCUT2D eigenvalue weighted by Gasteiger charge is 2.35. The van der Waals surface area contributed by atoms with Gasteiger partial charge in [-0.05, 0) is 55.1 Å². The van der Waals surface area contributed by atoms with Crippen LogP contribution in [-0.2, 0) is 0 Å². The molecule has 168 valence electrons. The van der Waals surface area contributed by atoms with Gasteiger partial charge in [-0.2, -0.15) is 0 Å². The quantitative estimate of drug-likeness (QED) is 0.573. The first-order valence-electron chi connectivity index (χ1n) is 10.6. The number of rotatable bonds is 5. The fourth-order valence-electron chi connectivity index (χ4n) is 4.46. The lowest BCUT2D eigenvalue weighted by atomic mass is 10.0. The number of carbonyl (C=O) groups is 1. The average molecular weight is 459 g/mol. The molecule has 0 bridgehead atoms. The summed E-state index contributed by atoms with van der Waals surface area (Å²) in [4.78, 5) is 19.7. The van der Waals surface area contributed by atoms with E-state index in [1.165, 1.54) is 34.6 Å². The minimum absolute atomic E-state index is 0.0742. The van der Waals surface area contributed by atoms with Gasteiger partial charge in [-0.15, -0.1) is 16.9 Å². The Bertz CT molecular complexity index is 1150. The molecular formula is C22H24F2N6OS. The van der Waals surface area contributed by atoms with Gasteiger partial charge in [0.2, 0.25) is 0 Å². The number of carbonyl (C=O) groups excluding carboxylic acids is 1. The summed E-state index contributed by atoms with van der Waals surface area (Å²) in [5.41, 5.74) is 1.58. The van der Waals surface area contributed by atoms with E-state index in [1.54, 1.807) is 12.1 Å². The molecule has 2 fully saturated rings. The Balaban J connectivity index is 1.47. The van der Waals surface area contributed by atoms with Crippen molar-refractivity contribution in [2.75, 3.05) is 30.8 Å². The molecule has 7 nitrogen and oxygen atoms in total. The topological polar surface area (TPSA) is 74.6 Å². The minimum atomic E-state index is -1.06. The van der Waals surface area contributed by atoms with Crippen molar-refractivity contribution in [1.82, 2.24) is 25.2 Å². The summed E-state index contributed by atoms with van der Waals surface area (Å²) in [6.07, 6.45) is 3.45. The van der Waals surface area contributed by atoms with Gasteiger partial charge in [0.1, 0.15) is 17.8 Å². The molecule has 0 radical (unpaired) electrons. The Kier molecular flexibility index (Phi) is 5.73. The van der Waals surface area contributed by atoms with Gasteiger partial charge in [0.05, 0.1) is 18.8 Å². The average Bonchev–Trinajstić information content (AvgIpc) is 3.52. The summed E-state index contributed by atoms with van der Waals surface area (Å²) in [7, 11) is 0. The van der Waals surface area contributed by atoms with E-state index in [1.807, 2.05) is 17.2 Å². The molecule has 3 atom stereocenters. The summed E-state index contributed by atoms with van der Waals surface area (Å²) in [6, 6.07) is 8.09. The minimum Gasteiger partial charge on any atom is -0.347 e. The number of benzene rings is 1. The van der Waals surface area contributed by atoms with Crippen LogP contribution in [-0.4, -0.2) is 58.6 Å². The molecule has 1 amide bonds. The van der Waals surface area contributed by atoms with Crippen molar-refractivity contribution in [1.29, 1.82) is 0 Å². The third kappa shape index (κ3) is 4.04. The number of hydrogen-bond acceptors (Lipinski definition) is 6. The highest BCUT2D eigenvalue weighted by molar-refractivity contribution is 7.98. The summed E-state index contributed by atoms with van der Waals surface area (Å²) >= 11 is 1.45. The van der Waals surface area contributed by atoms with Gasteiger partial charge in [-0.1, -0.05) is 0 Å². The monoisotopic (exact) mass is 458 g/mol. The second-order valence-electron chi connectivity index (χ2n) is 8.19. The number of anilines is 1.